The van der Waals surface area contributed by atoms with E-state index in [1.54, 1.807) is 4.90 Å². The van der Waals surface area contributed by atoms with Crippen molar-refractivity contribution >= 4 is 17.9 Å². The number of nitrogens with zero attached hydrogens (tertiary/aromatic N) is 3. The number of carbonyl (C=O) groups is 3. The first-order valence-electron chi connectivity index (χ1n) is 7.50. The molecule has 0 aromatic rings. The van der Waals surface area contributed by atoms with Crippen molar-refractivity contribution in [3.05, 3.63) is 12.2 Å². The van der Waals surface area contributed by atoms with Crippen LogP contribution >= 0.6 is 0 Å². The Kier molecular flexibility index (Phi) is 4.85. The monoisotopic (exact) mass is 309 g/mol. The second kappa shape index (κ2) is 6.48. The third-order valence-corrected chi connectivity index (χ3v) is 3.56. The van der Waals surface area contributed by atoms with Crippen molar-refractivity contribution in [3.8, 4) is 0 Å². The lowest BCUT2D eigenvalue weighted by Crippen LogP contribution is -2.51. The molecular formula is C15H23N3O4. The van der Waals surface area contributed by atoms with Crippen molar-refractivity contribution in [3.63, 3.8) is 0 Å². The van der Waals surface area contributed by atoms with E-state index in [2.05, 4.69) is 4.90 Å². The lowest BCUT2D eigenvalue weighted by atomic mass is 10.2. The van der Waals surface area contributed by atoms with Gasteiger partial charge in [-0.1, -0.05) is 0 Å². The van der Waals surface area contributed by atoms with E-state index in [4.69, 9.17) is 4.74 Å². The first-order valence-corrected chi connectivity index (χ1v) is 7.50. The summed E-state index contributed by atoms with van der Waals surface area (Å²) in [5, 5.41) is 0. The van der Waals surface area contributed by atoms with Crippen LogP contribution in [0.5, 0.6) is 0 Å². The molecule has 1 saturated heterocycles. The largest absolute Gasteiger partial charge is 0.444 e. The van der Waals surface area contributed by atoms with Crippen molar-refractivity contribution in [1.82, 2.24) is 14.7 Å². The number of carbonyl (C=O) groups excluding carboxylic acids is 3. The average Bonchev–Trinajstić information content (AvgIpc) is 2.74. The second-order valence-electron chi connectivity index (χ2n) is 6.47. The zero-order valence-electron chi connectivity index (χ0n) is 13.4. The predicted molar refractivity (Wildman–Crippen MR) is 80.1 cm³/mol. The molecule has 1 fully saturated rings. The van der Waals surface area contributed by atoms with Gasteiger partial charge in [-0.15, -0.1) is 0 Å². The summed E-state index contributed by atoms with van der Waals surface area (Å²) in [4.78, 5) is 39.9. The molecule has 3 amide bonds. The fourth-order valence-electron chi connectivity index (χ4n) is 2.37. The van der Waals surface area contributed by atoms with E-state index in [0.29, 0.717) is 39.3 Å². The van der Waals surface area contributed by atoms with E-state index in [0.717, 1.165) is 0 Å². The van der Waals surface area contributed by atoms with Crippen molar-refractivity contribution in [1.29, 1.82) is 0 Å². The highest BCUT2D eigenvalue weighted by atomic mass is 16.6. The summed E-state index contributed by atoms with van der Waals surface area (Å²) in [6.45, 7) is 9.16. The molecule has 122 valence electrons. The van der Waals surface area contributed by atoms with Crippen LogP contribution in [-0.4, -0.2) is 77.5 Å². The van der Waals surface area contributed by atoms with E-state index < -0.39 is 5.60 Å². The SMILES string of the molecule is CC(C)(C)OC(=O)N1CCN(CCN2C(=O)C=CC2=O)CC1. The molecule has 22 heavy (non-hydrogen) atoms. The van der Waals surface area contributed by atoms with Gasteiger partial charge in [-0.25, -0.2) is 4.79 Å². The molecule has 0 radical (unpaired) electrons. The van der Waals surface area contributed by atoms with Crippen molar-refractivity contribution in [2.45, 2.75) is 26.4 Å². The van der Waals surface area contributed by atoms with Crippen LogP contribution in [0.3, 0.4) is 0 Å². The Labute approximate surface area is 130 Å². The van der Waals surface area contributed by atoms with Crippen LogP contribution in [0, 0.1) is 0 Å². The van der Waals surface area contributed by atoms with E-state index in [1.807, 2.05) is 20.8 Å². The number of ether oxygens (including phenoxy) is 1. The number of piperazine rings is 1. The number of hydrogen-bond acceptors (Lipinski definition) is 5. The van der Waals surface area contributed by atoms with E-state index >= 15 is 0 Å². The van der Waals surface area contributed by atoms with Crippen LogP contribution in [0.1, 0.15) is 20.8 Å². The Morgan fingerprint density at radius 1 is 1.05 bits per heavy atom. The summed E-state index contributed by atoms with van der Waals surface area (Å²) < 4.78 is 5.34. The number of rotatable bonds is 3. The molecule has 0 aromatic carbocycles. The molecule has 0 N–H and O–H groups in total. The molecule has 2 aliphatic rings. The van der Waals surface area contributed by atoms with Crippen LogP contribution in [0.15, 0.2) is 12.2 Å². The molecule has 0 spiro atoms. The topological polar surface area (TPSA) is 70.2 Å². The Morgan fingerprint density at radius 2 is 1.59 bits per heavy atom. The van der Waals surface area contributed by atoms with E-state index in [9.17, 15) is 14.4 Å². The standard InChI is InChI=1S/C15H23N3O4/c1-15(2,3)22-14(21)17-9-6-16(7-10-17)8-11-18-12(19)4-5-13(18)20/h4-5H,6-11H2,1-3H3. The normalized spacial score (nSPS) is 20.0. The maximum absolute atomic E-state index is 12.0. The molecule has 2 rings (SSSR count). The van der Waals surface area contributed by atoms with Crippen molar-refractivity contribution in [2.75, 3.05) is 39.3 Å². The van der Waals surface area contributed by atoms with Gasteiger partial charge < -0.3 is 9.64 Å². The maximum atomic E-state index is 12.0. The lowest BCUT2D eigenvalue weighted by Gasteiger charge is -2.36. The molecule has 7 nitrogen and oxygen atoms in total. The van der Waals surface area contributed by atoms with Gasteiger partial charge in [0.1, 0.15) is 5.60 Å². The second-order valence-corrected chi connectivity index (χ2v) is 6.47. The van der Waals surface area contributed by atoms with Crippen LogP contribution in [0.2, 0.25) is 0 Å². The third-order valence-electron chi connectivity index (χ3n) is 3.56. The van der Waals surface area contributed by atoms with Gasteiger partial charge >= 0.3 is 6.09 Å². The molecule has 0 aliphatic carbocycles. The molecule has 0 aromatic heterocycles. The number of hydrogen-bond donors (Lipinski definition) is 0. The zero-order chi connectivity index (χ0) is 16.3. The fraction of sp³-hybridized carbons (Fsp3) is 0.667. The van der Waals surface area contributed by atoms with Crippen molar-refractivity contribution in [2.24, 2.45) is 0 Å². The van der Waals surface area contributed by atoms with Crippen LogP contribution < -0.4 is 0 Å². The summed E-state index contributed by atoms with van der Waals surface area (Å²) in [5.41, 5.74) is -0.488. The quantitative estimate of drug-likeness (QED) is 0.709. The third kappa shape index (κ3) is 4.30. The van der Waals surface area contributed by atoms with Crippen LogP contribution in [0.25, 0.3) is 0 Å². The van der Waals surface area contributed by atoms with Gasteiger partial charge in [0.15, 0.2) is 0 Å². The minimum Gasteiger partial charge on any atom is -0.444 e. The zero-order valence-corrected chi connectivity index (χ0v) is 13.4. The Balaban J connectivity index is 1.72. The minimum atomic E-state index is -0.488. The average molecular weight is 309 g/mol. The van der Waals surface area contributed by atoms with Gasteiger partial charge in [-0.2, -0.15) is 0 Å². The Bertz CT molecular complexity index is 470. The van der Waals surface area contributed by atoms with Crippen LogP contribution in [-0.2, 0) is 14.3 Å². The van der Waals surface area contributed by atoms with E-state index in [-0.39, 0.29) is 17.9 Å². The maximum Gasteiger partial charge on any atom is 0.410 e. The molecule has 0 bridgehead atoms. The highest BCUT2D eigenvalue weighted by Crippen LogP contribution is 2.12. The minimum absolute atomic E-state index is 0.252. The Hall–Kier alpha value is -1.89. The molecule has 0 atom stereocenters. The molecular weight excluding hydrogens is 286 g/mol. The summed E-state index contributed by atoms with van der Waals surface area (Å²) in [6.07, 6.45) is 2.30. The highest BCUT2D eigenvalue weighted by Gasteiger charge is 2.27. The predicted octanol–water partition coefficient (Wildman–Crippen LogP) is 0.464. The van der Waals surface area contributed by atoms with Gasteiger partial charge in [0, 0.05) is 51.4 Å². The van der Waals surface area contributed by atoms with Crippen LogP contribution in [0.4, 0.5) is 4.79 Å². The lowest BCUT2D eigenvalue weighted by molar-refractivity contribution is -0.137. The molecule has 0 saturated carbocycles. The summed E-state index contributed by atoms with van der Waals surface area (Å²) in [7, 11) is 0. The first kappa shape index (κ1) is 16.5. The molecule has 2 heterocycles. The van der Waals surface area contributed by atoms with Crippen molar-refractivity contribution < 1.29 is 19.1 Å². The fourth-order valence-corrected chi connectivity index (χ4v) is 2.37. The molecule has 0 unspecified atom stereocenters. The van der Waals surface area contributed by atoms with Gasteiger partial charge in [-0.3, -0.25) is 19.4 Å². The number of imide groups is 1. The highest BCUT2D eigenvalue weighted by molar-refractivity contribution is 6.12. The van der Waals surface area contributed by atoms with Gasteiger partial charge in [0.25, 0.3) is 11.8 Å². The van der Waals surface area contributed by atoms with E-state index in [1.165, 1.54) is 17.1 Å². The first-order chi connectivity index (χ1) is 10.3. The number of amides is 3. The molecule has 2 aliphatic heterocycles. The summed E-state index contributed by atoms with van der Waals surface area (Å²) >= 11 is 0. The van der Waals surface area contributed by atoms with Gasteiger partial charge in [0.05, 0.1) is 0 Å². The molecule has 7 heteroatoms. The smallest absolute Gasteiger partial charge is 0.410 e. The van der Waals surface area contributed by atoms with Gasteiger partial charge in [0.2, 0.25) is 0 Å². The summed E-state index contributed by atoms with van der Waals surface area (Å²) in [5.74, 6) is -0.505. The summed E-state index contributed by atoms with van der Waals surface area (Å²) in [6, 6.07) is 0. The van der Waals surface area contributed by atoms with Gasteiger partial charge in [-0.05, 0) is 20.8 Å². The Morgan fingerprint density at radius 3 is 2.09 bits per heavy atom.